The second-order valence-electron chi connectivity index (χ2n) is 9.80. The van der Waals surface area contributed by atoms with E-state index >= 15 is 0 Å². The highest BCUT2D eigenvalue weighted by Crippen LogP contribution is 2.50. The number of amides is 2. The third-order valence-corrected chi connectivity index (χ3v) is 10.3. The van der Waals surface area contributed by atoms with Crippen LogP contribution in [0.5, 0.6) is 5.75 Å². The molecule has 0 unspecified atom stereocenters. The predicted molar refractivity (Wildman–Crippen MR) is 135 cm³/mol. The van der Waals surface area contributed by atoms with Gasteiger partial charge in [0.1, 0.15) is 17.3 Å². The van der Waals surface area contributed by atoms with Gasteiger partial charge < -0.3 is 15.0 Å². The number of halogens is 2. The van der Waals surface area contributed by atoms with Crippen molar-refractivity contribution in [2.75, 3.05) is 13.7 Å². The molecule has 0 radical (unpaired) electrons. The molecule has 1 N–H and O–H groups in total. The van der Waals surface area contributed by atoms with E-state index in [-0.39, 0.29) is 28.8 Å². The minimum atomic E-state index is -4.02. The van der Waals surface area contributed by atoms with Gasteiger partial charge >= 0.3 is 0 Å². The monoisotopic (exact) mass is 562 g/mol. The van der Waals surface area contributed by atoms with E-state index in [4.69, 9.17) is 27.9 Å². The molecule has 2 heterocycles. The predicted octanol–water partition coefficient (Wildman–Crippen LogP) is 3.04. The average molecular weight is 563 g/mol. The van der Waals surface area contributed by atoms with Crippen molar-refractivity contribution in [2.24, 2.45) is 0 Å². The lowest BCUT2D eigenvalue weighted by Crippen LogP contribution is -2.51. The molecule has 2 saturated carbocycles. The summed E-state index contributed by atoms with van der Waals surface area (Å²) in [4.78, 5) is 32.8. The Labute approximate surface area is 224 Å². The van der Waals surface area contributed by atoms with E-state index in [0.29, 0.717) is 42.1 Å². The molecule has 0 bridgehead atoms. The molecule has 3 fully saturated rings. The number of hydrogen-bond acceptors (Lipinski definition) is 7. The van der Waals surface area contributed by atoms with Gasteiger partial charge in [0.15, 0.2) is 9.84 Å². The molecule has 37 heavy (non-hydrogen) atoms. The van der Waals surface area contributed by atoms with Gasteiger partial charge in [0.25, 0.3) is 0 Å². The van der Waals surface area contributed by atoms with Gasteiger partial charge in [-0.2, -0.15) is 5.26 Å². The number of rotatable bonds is 7. The molecule has 5 rings (SSSR count). The minimum Gasteiger partial charge on any atom is -0.497 e. The highest BCUT2D eigenvalue weighted by molar-refractivity contribution is 7.92. The van der Waals surface area contributed by atoms with Crippen LogP contribution in [0.4, 0.5) is 0 Å². The number of nitrogens with one attached hydrogen (secondary N) is 1. The summed E-state index contributed by atoms with van der Waals surface area (Å²) >= 11 is 12.3. The Bertz CT molecular complexity index is 1420. The van der Waals surface area contributed by atoms with Crippen molar-refractivity contribution >= 4 is 44.9 Å². The number of carbonyl (C=O) groups excluding carboxylic acids is 2. The highest BCUT2D eigenvalue weighted by Gasteiger charge is 2.59. The molecule has 1 aromatic heterocycles. The van der Waals surface area contributed by atoms with Gasteiger partial charge in [0.05, 0.1) is 44.5 Å². The average Bonchev–Trinajstić information content (AvgIpc) is 3.80. The van der Waals surface area contributed by atoms with Crippen molar-refractivity contribution in [3.05, 3.63) is 52.3 Å². The standard InChI is InChI=1S/C25H24Cl2N4O5S/c1-36-16-3-4-20(18(27)10-16)37(34,35)17-11-19(22(32)30-24(14-28)6-7-24)31(13-17)23(33)25(8-9-25)21-5-2-15(26)12-29-21/h2-5,10,12,17,19H,6-9,11,13H2,1H3,(H,30,32)/t17-,19+/m1/s1. The molecule has 2 amide bonds. The van der Waals surface area contributed by atoms with Crippen LogP contribution in [0.25, 0.3) is 0 Å². The van der Waals surface area contributed by atoms with Crippen LogP contribution in [0.2, 0.25) is 10.0 Å². The van der Waals surface area contributed by atoms with E-state index in [0.717, 1.165) is 0 Å². The van der Waals surface area contributed by atoms with Crippen LogP contribution in [-0.4, -0.2) is 60.6 Å². The van der Waals surface area contributed by atoms with Crippen molar-refractivity contribution in [1.82, 2.24) is 15.2 Å². The molecule has 194 valence electrons. The van der Waals surface area contributed by atoms with Gasteiger partial charge in [-0.1, -0.05) is 23.2 Å². The maximum Gasteiger partial charge on any atom is 0.244 e. The maximum atomic E-state index is 13.9. The van der Waals surface area contributed by atoms with Gasteiger partial charge in [-0.25, -0.2) is 8.42 Å². The Morgan fingerprint density at radius 1 is 1.19 bits per heavy atom. The second-order valence-corrected chi connectivity index (χ2v) is 12.8. The summed E-state index contributed by atoms with van der Waals surface area (Å²) in [6.07, 6.45) is 3.41. The summed E-state index contributed by atoms with van der Waals surface area (Å²) in [7, 11) is -2.57. The van der Waals surface area contributed by atoms with E-state index in [1.807, 2.05) is 0 Å². The largest absolute Gasteiger partial charge is 0.497 e. The number of pyridine rings is 1. The van der Waals surface area contributed by atoms with E-state index < -0.39 is 38.0 Å². The fraction of sp³-hybridized carbons (Fsp3) is 0.440. The van der Waals surface area contributed by atoms with E-state index in [2.05, 4.69) is 16.4 Å². The maximum absolute atomic E-state index is 13.9. The van der Waals surface area contributed by atoms with E-state index in [9.17, 15) is 23.3 Å². The quantitative estimate of drug-likeness (QED) is 0.548. The lowest BCUT2D eigenvalue weighted by Gasteiger charge is -2.28. The zero-order chi connectivity index (χ0) is 26.6. The van der Waals surface area contributed by atoms with Crippen LogP contribution in [0, 0.1) is 11.3 Å². The Balaban J connectivity index is 1.48. The molecule has 2 atom stereocenters. The first-order valence-corrected chi connectivity index (χ1v) is 14.1. The summed E-state index contributed by atoms with van der Waals surface area (Å²) in [6.45, 7) is -0.184. The molecule has 12 heteroatoms. The number of sulfone groups is 1. The Kier molecular flexibility index (Phi) is 6.37. The molecule has 0 spiro atoms. The smallest absolute Gasteiger partial charge is 0.244 e. The molecule has 9 nitrogen and oxygen atoms in total. The first kappa shape index (κ1) is 25.8. The number of hydrogen-bond donors (Lipinski definition) is 1. The lowest BCUT2D eigenvalue weighted by molar-refractivity contribution is -0.140. The van der Waals surface area contributed by atoms with Gasteiger partial charge in [0.2, 0.25) is 11.8 Å². The van der Waals surface area contributed by atoms with Crippen LogP contribution in [0.3, 0.4) is 0 Å². The number of likely N-dealkylation sites (tertiary alicyclic amines) is 1. The van der Waals surface area contributed by atoms with E-state index in [1.54, 1.807) is 12.1 Å². The fourth-order valence-corrected chi connectivity index (χ4v) is 7.21. The second kappa shape index (κ2) is 9.15. The van der Waals surface area contributed by atoms with Crippen molar-refractivity contribution < 1.29 is 22.7 Å². The van der Waals surface area contributed by atoms with Crippen molar-refractivity contribution in [1.29, 1.82) is 5.26 Å². The zero-order valence-corrected chi connectivity index (χ0v) is 22.2. The first-order chi connectivity index (χ1) is 17.5. The lowest BCUT2D eigenvalue weighted by atomic mass is 9.99. The molecular formula is C25H24Cl2N4O5S. The minimum absolute atomic E-state index is 0.00410. The molecule has 1 aromatic carbocycles. The normalized spacial score (nSPS) is 23.1. The topological polar surface area (TPSA) is 129 Å². The summed E-state index contributed by atoms with van der Waals surface area (Å²) in [5.74, 6) is -0.490. The number of nitrogens with zero attached hydrogens (tertiary/aromatic N) is 3. The highest BCUT2D eigenvalue weighted by atomic mass is 35.5. The molecule has 2 aromatic rings. The summed E-state index contributed by atoms with van der Waals surface area (Å²) in [6, 6.07) is 8.65. The molecule has 1 aliphatic heterocycles. The van der Waals surface area contributed by atoms with Gasteiger partial charge in [-0.3, -0.25) is 14.6 Å². The van der Waals surface area contributed by atoms with Crippen LogP contribution in [-0.2, 0) is 24.8 Å². The number of nitriles is 1. The van der Waals surface area contributed by atoms with Crippen LogP contribution in [0.1, 0.15) is 37.8 Å². The van der Waals surface area contributed by atoms with Crippen molar-refractivity contribution in [2.45, 2.75) is 59.2 Å². The fourth-order valence-electron chi connectivity index (χ4n) is 4.86. The van der Waals surface area contributed by atoms with Crippen molar-refractivity contribution in [3.63, 3.8) is 0 Å². The molecule has 1 saturated heterocycles. The zero-order valence-electron chi connectivity index (χ0n) is 19.9. The number of ether oxygens (including phenoxy) is 1. The van der Waals surface area contributed by atoms with Gasteiger partial charge in [0, 0.05) is 18.8 Å². The Morgan fingerprint density at radius 3 is 2.46 bits per heavy atom. The van der Waals surface area contributed by atoms with Gasteiger partial charge in [-0.05, 0) is 56.4 Å². The third kappa shape index (κ3) is 4.54. The molecule has 3 aliphatic rings. The van der Waals surface area contributed by atoms with Crippen LogP contribution >= 0.6 is 23.2 Å². The summed E-state index contributed by atoms with van der Waals surface area (Å²) in [5.41, 5.74) is -1.37. The molecular weight excluding hydrogens is 539 g/mol. The van der Waals surface area contributed by atoms with E-state index in [1.165, 1.54) is 36.4 Å². The third-order valence-electron chi connectivity index (χ3n) is 7.41. The summed E-state index contributed by atoms with van der Waals surface area (Å²) < 4.78 is 32.4. The number of benzene rings is 1. The van der Waals surface area contributed by atoms with Crippen LogP contribution < -0.4 is 10.1 Å². The van der Waals surface area contributed by atoms with Crippen LogP contribution in [0.15, 0.2) is 41.4 Å². The first-order valence-electron chi connectivity index (χ1n) is 11.8. The van der Waals surface area contributed by atoms with Gasteiger partial charge in [-0.15, -0.1) is 0 Å². The number of methoxy groups -OCH3 is 1. The van der Waals surface area contributed by atoms with Crippen molar-refractivity contribution in [3.8, 4) is 11.8 Å². The Morgan fingerprint density at radius 2 is 1.92 bits per heavy atom. The molecule has 2 aliphatic carbocycles. The Hall–Kier alpha value is -2.87. The number of aromatic nitrogens is 1. The number of carbonyl (C=O) groups is 2. The SMILES string of the molecule is COc1ccc(S(=O)(=O)[C@@H]2C[C@@H](C(=O)NC3(C#N)CC3)N(C(=O)C3(c4ccc(Cl)cn4)CC3)C2)c(Cl)c1. The summed E-state index contributed by atoms with van der Waals surface area (Å²) in [5, 5.41) is 11.5.